The smallest absolute Gasteiger partial charge is 0.189 e. The second kappa shape index (κ2) is 8.92. The predicted octanol–water partition coefficient (Wildman–Crippen LogP) is 3.90. The molecule has 0 fully saturated rings. The van der Waals surface area contributed by atoms with Crippen LogP contribution in [0.25, 0.3) is 6.08 Å². The Bertz CT molecular complexity index is 869. The van der Waals surface area contributed by atoms with Gasteiger partial charge in [0, 0.05) is 0 Å². The highest BCUT2D eigenvalue weighted by Gasteiger charge is 2.20. The number of carbonyl (C=O) groups is 1. The highest BCUT2D eigenvalue weighted by molar-refractivity contribution is 7.99. The van der Waals surface area contributed by atoms with Crippen LogP contribution in [0.2, 0.25) is 0 Å². The Morgan fingerprint density at radius 3 is 2.93 bits per heavy atom. The van der Waals surface area contributed by atoms with Crippen molar-refractivity contribution in [1.82, 2.24) is 0 Å². The van der Waals surface area contributed by atoms with Crippen LogP contribution in [0.15, 0.2) is 41.3 Å². The van der Waals surface area contributed by atoms with E-state index in [1.807, 2.05) is 6.07 Å². The summed E-state index contributed by atoms with van der Waals surface area (Å²) < 4.78 is 30.0. The number of rotatable bonds is 8. The van der Waals surface area contributed by atoms with Crippen molar-refractivity contribution in [3.63, 3.8) is 0 Å². The number of carbonyl (C=O) groups excluding carboxylic acids is 1. The molecule has 0 saturated heterocycles. The van der Waals surface area contributed by atoms with Crippen molar-refractivity contribution in [2.45, 2.75) is 11.3 Å². The molecular weight excluding hydrogens is 369 g/mol. The van der Waals surface area contributed by atoms with Crippen molar-refractivity contribution in [1.29, 1.82) is 0 Å². The average Bonchev–Trinajstić information content (AvgIpc) is 3.13. The number of allylic oxidation sites excluding steroid dienone is 1. The van der Waals surface area contributed by atoms with Crippen molar-refractivity contribution in [2.24, 2.45) is 5.73 Å². The van der Waals surface area contributed by atoms with Crippen LogP contribution in [-0.2, 0) is 0 Å². The Labute approximate surface area is 161 Å². The van der Waals surface area contributed by atoms with Crippen LogP contribution in [0.4, 0.5) is 4.39 Å². The van der Waals surface area contributed by atoms with E-state index in [-0.39, 0.29) is 11.5 Å². The van der Waals surface area contributed by atoms with Crippen molar-refractivity contribution in [3.8, 4) is 17.2 Å². The highest BCUT2D eigenvalue weighted by Crippen LogP contribution is 2.41. The number of ketones is 1. The number of nitrogens with two attached hydrogens (primary N) is 1. The molecule has 0 atom stereocenters. The van der Waals surface area contributed by atoms with Gasteiger partial charge in [-0.05, 0) is 48.9 Å². The maximum atomic E-state index is 13.8. The van der Waals surface area contributed by atoms with E-state index in [0.29, 0.717) is 48.1 Å². The molecule has 0 aromatic heterocycles. The number of ether oxygens (including phenoxy) is 3. The normalized spacial score (nSPS) is 12.7. The minimum atomic E-state index is -0.485. The van der Waals surface area contributed by atoms with Gasteiger partial charge in [-0.25, -0.2) is 4.39 Å². The summed E-state index contributed by atoms with van der Waals surface area (Å²) in [7, 11) is 1.40. The van der Waals surface area contributed by atoms with E-state index in [0.717, 1.165) is 4.90 Å². The molecule has 0 spiro atoms. The summed E-state index contributed by atoms with van der Waals surface area (Å²) in [6, 6.07) is 8.00. The molecule has 7 heteroatoms. The average molecular weight is 389 g/mol. The first-order valence-electron chi connectivity index (χ1n) is 8.45. The number of hydrogen-bond acceptors (Lipinski definition) is 6. The Kier molecular flexibility index (Phi) is 6.36. The molecule has 1 aliphatic heterocycles. The fourth-order valence-electron chi connectivity index (χ4n) is 2.55. The molecule has 0 aliphatic carbocycles. The lowest BCUT2D eigenvalue weighted by atomic mass is 10.1. The van der Waals surface area contributed by atoms with Crippen LogP contribution in [-0.4, -0.2) is 32.0 Å². The van der Waals surface area contributed by atoms with Crippen molar-refractivity contribution < 1.29 is 23.4 Å². The Morgan fingerprint density at radius 2 is 2.19 bits per heavy atom. The van der Waals surface area contributed by atoms with Crippen LogP contribution in [0, 0.1) is 5.82 Å². The van der Waals surface area contributed by atoms with E-state index in [9.17, 15) is 9.18 Å². The molecule has 27 heavy (non-hydrogen) atoms. The van der Waals surface area contributed by atoms with Gasteiger partial charge in [0.2, 0.25) is 0 Å². The second-order valence-electron chi connectivity index (χ2n) is 5.78. The van der Waals surface area contributed by atoms with Gasteiger partial charge in [-0.2, -0.15) is 0 Å². The maximum absolute atomic E-state index is 13.8. The molecule has 0 bridgehead atoms. The second-order valence-corrected chi connectivity index (χ2v) is 6.75. The molecule has 0 saturated carbocycles. The largest absolute Gasteiger partial charge is 0.494 e. The number of fused-ring (bicyclic) bond motifs is 1. The zero-order valence-electron chi connectivity index (χ0n) is 14.9. The highest BCUT2D eigenvalue weighted by atomic mass is 32.2. The van der Waals surface area contributed by atoms with E-state index in [1.165, 1.54) is 25.3 Å². The summed E-state index contributed by atoms with van der Waals surface area (Å²) in [6.45, 7) is 0.934. The van der Waals surface area contributed by atoms with Gasteiger partial charge in [0.15, 0.2) is 17.3 Å². The first-order chi connectivity index (χ1) is 13.1. The molecule has 2 aromatic carbocycles. The maximum Gasteiger partial charge on any atom is 0.189 e. The summed E-state index contributed by atoms with van der Waals surface area (Å²) in [5.41, 5.74) is 6.46. The fraction of sp³-hybridized carbons (Fsp3) is 0.250. The van der Waals surface area contributed by atoms with E-state index in [1.54, 1.807) is 30.0 Å². The SMILES string of the molecule is COc1ccc(/C=C/C(=O)c2cc3c(cc2OCCCN)SCO3)cc1F. The number of methoxy groups -OCH3 is 1. The number of benzene rings is 2. The molecule has 1 heterocycles. The van der Waals surface area contributed by atoms with E-state index in [2.05, 4.69) is 0 Å². The lowest BCUT2D eigenvalue weighted by molar-refractivity contribution is 0.104. The Balaban J connectivity index is 1.83. The molecule has 3 rings (SSSR count). The summed E-state index contributed by atoms with van der Waals surface area (Å²) in [5, 5.41) is 0. The van der Waals surface area contributed by atoms with E-state index >= 15 is 0 Å². The monoisotopic (exact) mass is 389 g/mol. The minimum Gasteiger partial charge on any atom is -0.494 e. The first kappa shape index (κ1) is 19.3. The summed E-state index contributed by atoms with van der Waals surface area (Å²) in [6.07, 6.45) is 3.63. The molecule has 1 aliphatic rings. The molecule has 2 aromatic rings. The topological polar surface area (TPSA) is 70.8 Å². The number of halogens is 1. The Morgan fingerprint density at radius 1 is 1.33 bits per heavy atom. The van der Waals surface area contributed by atoms with E-state index < -0.39 is 5.82 Å². The summed E-state index contributed by atoms with van der Waals surface area (Å²) in [5.74, 6) is 1.09. The summed E-state index contributed by atoms with van der Waals surface area (Å²) in [4.78, 5) is 13.6. The quantitative estimate of drug-likeness (QED) is 0.419. The minimum absolute atomic E-state index is 0.155. The van der Waals surface area contributed by atoms with Crippen LogP contribution in [0.3, 0.4) is 0 Å². The van der Waals surface area contributed by atoms with Gasteiger partial charge in [-0.15, -0.1) is 0 Å². The third kappa shape index (κ3) is 4.61. The van der Waals surface area contributed by atoms with Gasteiger partial charge < -0.3 is 19.9 Å². The number of hydrogen-bond donors (Lipinski definition) is 1. The molecular formula is C20H20FNO4S. The first-order valence-corrected chi connectivity index (χ1v) is 9.43. The zero-order chi connectivity index (χ0) is 19.2. The fourth-order valence-corrected chi connectivity index (χ4v) is 3.31. The van der Waals surface area contributed by atoms with Crippen LogP contribution in [0.1, 0.15) is 22.3 Å². The van der Waals surface area contributed by atoms with E-state index in [4.69, 9.17) is 19.9 Å². The number of thioether (sulfide) groups is 1. The van der Waals surface area contributed by atoms with Gasteiger partial charge in [0.25, 0.3) is 0 Å². The molecule has 0 amide bonds. The Hall–Kier alpha value is -2.51. The van der Waals surface area contributed by atoms with Crippen LogP contribution < -0.4 is 19.9 Å². The lowest BCUT2D eigenvalue weighted by Gasteiger charge is -2.11. The van der Waals surface area contributed by atoms with Crippen molar-refractivity contribution >= 4 is 23.6 Å². The van der Waals surface area contributed by atoms with Crippen LogP contribution in [0.5, 0.6) is 17.2 Å². The van der Waals surface area contributed by atoms with Gasteiger partial charge in [0.1, 0.15) is 17.4 Å². The standard InChI is InChI=1S/C20H20FNO4S/c1-24-17-6-4-13(9-15(17)21)3-5-16(23)14-10-19-20(27-12-26-19)11-18(14)25-8-2-7-22/h3-6,9-11H,2,7-8,12,22H2,1H3/b5-3+. The third-order valence-electron chi connectivity index (χ3n) is 3.95. The van der Waals surface area contributed by atoms with Gasteiger partial charge in [-0.3, -0.25) is 4.79 Å². The molecule has 0 radical (unpaired) electrons. The molecule has 142 valence electrons. The lowest BCUT2D eigenvalue weighted by Crippen LogP contribution is -2.08. The van der Waals surface area contributed by atoms with Crippen molar-refractivity contribution in [3.05, 3.63) is 53.4 Å². The molecule has 0 unspecified atom stereocenters. The van der Waals surface area contributed by atoms with Crippen LogP contribution >= 0.6 is 11.8 Å². The van der Waals surface area contributed by atoms with Gasteiger partial charge >= 0.3 is 0 Å². The summed E-state index contributed by atoms with van der Waals surface area (Å²) >= 11 is 1.55. The van der Waals surface area contributed by atoms with Crippen molar-refractivity contribution in [2.75, 3.05) is 26.2 Å². The third-order valence-corrected chi connectivity index (χ3v) is 4.82. The molecule has 5 nitrogen and oxygen atoms in total. The predicted molar refractivity (Wildman–Crippen MR) is 103 cm³/mol. The molecule has 2 N–H and O–H groups in total. The van der Waals surface area contributed by atoms with Gasteiger partial charge in [-0.1, -0.05) is 23.9 Å². The zero-order valence-corrected chi connectivity index (χ0v) is 15.7. The van der Waals surface area contributed by atoms with Gasteiger partial charge in [0.05, 0.1) is 24.2 Å².